The Morgan fingerprint density at radius 2 is 1.90 bits per heavy atom. The summed E-state index contributed by atoms with van der Waals surface area (Å²) in [6.07, 6.45) is 8.39. The van der Waals surface area contributed by atoms with Gasteiger partial charge in [-0.25, -0.2) is 0 Å². The van der Waals surface area contributed by atoms with Gasteiger partial charge in [-0.1, -0.05) is 26.2 Å². The Labute approximate surface area is 132 Å². The Balaban J connectivity index is 2.25. The van der Waals surface area contributed by atoms with Gasteiger partial charge in [-0.15, -0.1) is 0 Å². The Morgan fingerprint density at radius 1 is 1.14 bits per heavy atom. The lowest BCUT2D eigenvalue weighted by Gasteiger charge is -2.08. The largest absolute Gasteiger partial charge is 0.494 e. The van der Waals surface area contributed by atoms with Crippen molar-refractivity contribution in [3.63, 3.8) is 0 Å². The lowest BCUT2D eigenvalue weighted by molar-refractivity contribution is -0.116. The van der Waals surface area contributed by atoms with E-state index in [1.165, 1.54) is 19.3 Å². The molecule has 1 amide bonds. The Morgan fingerprint density at radius 3 is 2.57 bits per heavy atom. The minimum atomic E-state index is 0.0808. The highest BCUT2D eigenvalue weighted by atomic mass is 32.2. The molecule has 1 aromatic rings. The predicted octanol–water partition coefficient (Wildman–Crippen LogP) is 4.73. The zero-order chi connectivity index (χ0) is 15.3. The number of rotatable bonds is 11. The van der Waals surface area contributed by atoms with Gasteiger partial charge < -0.3 is 10.1 Å². The highest BCUT2D eigenvalue weighted by Crippen LogP contribution is 2.16. The highest BCUT2D eigenvalue weighted by molar-refractivity contribution is 7.98. The van der Waals surface area contributed by atoms with Gasteiger partial charge in [-0.3, -0.25) is 4.79 Å². The summed E-state index contributed by atoms with van der Waals surface area (Å²) >= 11 is 1.77. The fourth-order valence-electron chi connectivity index (χ4n) is 1.95. The van der Waals surface area contributed by atoms with E-state index >= 15 is 0 Å². The molecule has 0 radical (unpaired) electrons. The molecule has 4 heteroatoms. The van der Waals surface area contributed by atoms with E-state index in [9.17, 15) is 4.79 Å². The van der Waals surface area contributed by atoms with Crippen molar-refractivity contribution in [2.45, 2.75) is 45.4 Å². The average molecular weight is 309 g/mol. The Bertz CT molecular complexity index is 392. The molecule has 21 heavy (non-hydrogen) atoms. The summed E-state index contributed by atoms with van der Waals surface area (Å²) in [6.45, 7) is 2.97. The van der Waals surface area contributed by atoms with Crippen molar-refractivity contribution < 1.29 is 9.53 Å². The Hall–Kier alpha value is -1.16. The molecule has 1 N–H and O–H groups in total. The molecule has 0 heterocycles. The summed E-state index contributed by atoms with van der Waals surface area (Å²) in [4.78, 5) is 11.7. The van der Waals surface area contributed by atoms with Crippen molar-refractivity contribution in [3.05, 3.63) is 24.3 Å². The molecule has 0 aliphatic heterocycles. The van der Waals surface area contributed by atoms with Gasteiger partial charge in [0.25, 0.3) is 0 Å². The van der Waals surface area contributed by atoms with Gasteiger partial charge in [0, 0.05) is 12.1 Å². The van der Waals surface area contributed by atoms with Gasteiger partial charge in [0.15, 0.2) is 0 Å². The molecule has 0 aliphatic carbocycles. The van der Waals surface area contributed by atoms with E-state index < -0.39 is 0 Å². The number of benzene rings is 1. The van der Waals surface area contributed by atoms with Crippen molar-refractivity contribution in [3.8, 4) is 5.75 Å². The molecular formula is C17H27NO2S. The monoisotopic (exact) mass is 309 g/mol. The second-order valence-electron chi connectivity index (χ2n) is 5.08. The van der Waals surface area contributed by atoms with Gasteiger partial charge in [0.2, 0.25) is 5.91 Å². The number of unbranched alkanes of at least 4 members (excludes halogenated alkanes) is 3. The number of nitrogens with one attached hydrogen (secondary N) is 1. The predicted molar refractivity (Wildman–Crippen MR) is 92.3 cm³/mol. The molecule has 0 unspecified atom stereocenters. The van der Waals surface area contributed by atoms with Crippen molar-refractivity contribution in [1.82, 2.24) is 0 Å². The van der Waals surface area contributed by atoms with Crippen LogP contribution < -0.4 is 10.1 Å². The maximum absolute atomic E-state index is 11.7. The van der Waals surface area contributed by atoms with E-state index in [0.29, 0.717) is 6.42 Å². The van der Waals surface area contributed by atoms with Crippen molar-refractivity contribution in [1.29, 1.82) is 0 Å². The number of hydrogen-bond donors (Lipinski definition) is 1. The molecule has 0 spiro atoms. The van der Waals surface area contributed by atoms with Gasteiger partial charge in [-0.05, 0) is 49.1 Å². The maximum atomic E-state index is 11.7. The van der Waals surface area contributed by atoms with Gasteiger partial charge in [0.1, 0.15) is 5.75 Å². The third-order valence-electron chi connectivity index (χ3n) is 3.16. The summed E-state index contributed by atoms with van der Waals surface area (Å²) in [7, 11) is 0. The molecule has 1 rings (SSSR count). The fraction of sp³-hybridized carbons (Fsp3) is 0.588. The quantitative estimate of drug-likeness (QED) is 0.601. The number of amides is 1. The molecule has 0 aliphatic rings. The lowest BCUT2D eigenvalue weighted by Crippen LogP contribution is -2.11. The van der Waals surface area contributed by atoms with E-state index in [-0.39, 0.29) is 5.91 Å². The van der Waals surface area contributed by atoms with Crippen LogP contribution in [0.1, 0.15) is 45.4 Å². The number of carbonyl (C=O) groups excluding carboxylic acids is 1. The molecular weight excluding hydrogens is 282 g/mol. The number of anilines is 1. The van der Waals surface area contributed by atoms with Crippen LogP contribution in [0.25, 0.3) is 0 Å². The van der Waals surface area contributed by atoms with Crippen LogP contribution in [0.4, 0.5) is 5.69 Å². The zero-order valence-corrected chi connectivity index (χ0v) is 14.0. The summed E-state index contributed by atoms with van der Waals surface area (Å²) in [5.74, 6) is 1.97. The standard InChI is InChI=1S/C17H27NO2S/c1-3-4-5-6-13-20-16-11-9-15(10-12-16)18-17(19)8-7-14-21-2/h9-12H,3-8,13-14H2,1-2H3,(H,18,19). The van der Waals surface area contributed by atoms with E-state index in [1.54, 1.807) is 11.8 Å². The van der Waals surface area contributed by atoms with Crippen LogP contribution in [-0.4, -0.2) is 24.5 Å². The minimum absolute atomic E-state index is 0.0808. The van der Waals surface area contributed by atoms with Crippen LogP contribution in [0.15, 0.2) is 24.3 Å². The van der Waals surface area contributed by atoms with Crippen LogP contribution in [0.3, 0.4) is 0 Å². The van der Waals surface area contributed by atoms with Crippen molar-refractivity contribution >= 4 is 23.4 Å². The summed E-state index contributed by atoms with van der Waals surface area (Å²) in [5, 5.41) is 2.91. The molecule has 0 atom stereocenters. The number of thioether (sulfide) groups is 1. The van der Waals surface area contributed by atoms with Crippen LogP contribution in [0.2, 0.25) is 0 Å². The first kappa shape index (κ1) is 17.9. The van der Waals surface area contributed by atoms with Gasteiger partial charge in [-0.2, -0.15) is 11.8 Å². The lowest BCUT2D eigenvalue weighted by atomic mass is 10.2. The van der Waals surface area contributed by atoms with Gasteiger partial charge in [0.05, 0.1) is 6.61 Å². The second-order valence-corrected chi connectivity index (χ2v) is 6.06. The number of carbonyl (C=O) groups is 1. The highest BCUT2D eigenvalue weighted by Gasteiger charge is 2.02. The first-order chi connectivity index (χ1) is 10.3. The topological polar surface area (TPSA) is 38.3 Å². The zero-order valence-electron chi connectivity index (χ0n) is 13.2. The van der Waals surface area contributed by atoms with E-state index in [2.05, 4.69) is 18.5 Å². The smallest absolute Gasteiger partial charge is 0.224 e. The summed E-state index contributed by atoms with van der Waals surface area (Å²) < 4.78 is 5.68. The SMILES string of the molecule is CCCCCCOc1ccc(NC(=O)CCCSC)cc1. The third kappa shape index (κ3) is 8.66. The molecule has 0 saturated carbocycles. The maximum Gasteiger partial charge on any atom is 0.224 e. The van der Waals surface area contributed by atoms with Gasteiger partial charge >= 0.3 is 0 Å². The minimum Gasteiger partial charge on any atom is -0.494 e. The summed E-state index contributed by atoms with van der Waals surface area (Å²) in [6, 6.07) is 7.62. The van der Waals surface area contributed by atoms with E-state index in [1.807, 2.05) is 24.3 Å². The molecule has 1 aromatic carbocycles. The van der Waals surface area contributed by atoms with Crippen molar-refractivity contribution in [2.75, 3.05) is 23.9 Å². The Kier molecular flexibility index (Phi) is 9.79. The average Bonchev–Trinajstić information content (AvgIpc) is 2.49. The fourth-order valence-corrected chi connectivity index (χ4v) is 2.39. The van der Waals surface area contributed by atoms with Crippen LogP contribution in [-0.2, 0) is 4.79 Å². The van der Waals surface area contributed by atoms with Crippen LogP contribution >= 0.6 is 11.8 Å². The first-order valence-corrected chi connectivity index (χ1v) is 9.17. The van der Waals surface area contributed by atoms with Crippen LogP contribution in [0.5, 0.6) is 5.75 Å². The normalized spacial score (nSPS) is 10.4. The first-order valence-electron chi connectivity index (χ1n) is 7.78. The van der Waals surface area contributed by atoms with E-state index in [0.717, 1.165) is 36.6 Å². The van der Waals surface area contributed by atoms with Crippen molar-refractivity contribution in [2.24, 2.45) is 0 Å². The van der Waals surface area contributed by atoms with E-state index in [4.69, 9.17) is 4.74 Å². The molecule has 0 aromatic heterocycles. The van der Waals surface area contributed by atoms with Crippen LogP contribution in [0, 0.1) is 0 Å². The molecule has 3 nitrogen and oxygen atoms in total. The molecule has 118 valence electrons. The molecule has 0 bridgehead atoms. The third-order valence-corrected chi connectivity index (χ3v) is 3.85. The number of ether oxygens (including phenoxy) is 1. The second kappa shape index (κ2) is 11.5. The summed E-state index contributed by atoms with van der Waals surface area (Å²) in [5.41, 5.74) is 0.836. The number of hydrogen-bond acceptors (Lipinski definition) is 3. The molecule has 0 fully saturated rings. The molecule has 0 saturated heterocycles.